The molecule has 2 aromatic rings. The average Bonchev–Trinajstić information content (AvgIpc) is 2.92. The fraction of sp³-hybridized carbons (Fsp3) is 0.562. The number of benzene rings is 2. The van der Waals surface area contributed by atoms with E-state index in [2.05, 4.69) is 58.4 Å². The molecule has 1 heterocycles. The Hall–Kier alpha value is -1.34. The molecule has 0 saturated carbocycles. The quantitative estimate of drug-likeness (QED) is 0.251. The Labute approximate surface area is 281 Å². The van der Waals surface area contributed by atoms with Crippen LogP contribution in [0.2, 0.25) is 0 Å². The van der Waals surface area contributed by atoms with Gasteiger partial charge in [0.2, 0.25) is 5.91 Å². The summed E-state index contributed by atoms with van der Waals surface area (Å²) < 4.78 is 18.9. The number of halogens is 3. The number of nitrogens with one attached hydrogen (secondary N) is 2. The van der Waals surface area contributed by atoms with Crippen LogP contribution >= 0.6 is 47.8 Å². The van der Waals surface area contributed by atoms with E-state index in [9.17, 15) is 14.7 Å². The van der Waals surface area contributed by atoms with Gasteiger partial charge in [-0.1, -0.05) is 72.1 Å². The highest BCUT2D eigenvalue weighted by atomic mass is 79.9. The van der Waals surface area contributed by atoms with Crippen LogP contribution in [0.3, 0.4) is 0 Å². The molecule has 0 bridgehead atoms. The van der Waals surface area contributed by atoms with Crippen molar-refractivity contribution in [1.29, 1.82) is 0 Å². The van der Waals surface area contributed by atoms with Gasteiger partial charge in [0.15, 0.2) is 6.10 Å². The first kappa shape index (κ1) is 37.8. The first-order valence-electron chi connectivity index (χ1n) is 14.3. The predicted octanol–water partition coefficient (Wildman–Crippen LogP) is 5.74. The highest BCUT2D eigenvalue weighted by Crippen LogP contribution is 2.16. The van der Waals surface area contributed by atoms with Crippen molar-refractivity contribution in [1.82, 2.24) is 10.6 Å². The molecule has 240 valence electrons. The van der Waals surface area contributed by atoms with E-state index in [1.807, 2.05) is 90.1 Å². The maximum atomic E-state index is 12.1. The summed E-state index contributed by atoms with van der Waals surface area (Å²) in [4.78, 5) is 23.7. The van der Waals surface area contributed by atoms with E-state index in [4.69, 9.17) is 14.2 Å². The first-order valence-corrected chi connectivity index (χ1v) is 16.8. The normalized spacial score (nSPS) is 18.6. The first-order chi connectivity index (χ1) is 20.0. The van der Waals surface area contributed by atoms with Crippen LogP contribution in [-0.2, 0) is 36.6 Å². The molecule has 1 fully saturated rings. The summed E-state index contributed by atoms with van der Waals surface area (Å²) in [7, 11) is 0. The largest absolute Gasteiger partial charge is 0.394 e. The van der Waals surface area contributed by atoms with E-state index >= 15 is 0 Å². The highest BCUT2D eigenvalue weighted by Gasteiger charge is 2.30. The van der Waals surface area contributed by atoms with Gasteiger partial charge in [-0.3, -0.25) is 9.59 Å². The van der Waals surface area contributed by atoms with Crippen LogP contribution in [0.5, 0.6) is 0 Å². The molecule has 1 aliphatic rings. The molecule has 2 amide bonds. The number of morpholine rings is 1. The zero-order chi connectivity index (χ0) is 32.2. The van der Waals surface area contributed by atoms with Gasteiger partial charge in [0.05, 0.1) is 49.7 Å². The van der Waals surface area contributed by atoms with Gasteiger partial charge in [0.25, 0.3) is 5.91 Å². The maximum absolute atomic E-state index is 12.1. The number of amides is 2. The van der Waals surface area contributed by atoms with Gasteiger partial charge < -0.3 is 30.0 Å². The third-order valence-corrected chi connectivity index (χ3v) is 7.85. The fourth-order valence-electron chi connectivity index (χ4n) is 3.86. The second-order valence-electron chi connectivity index (χ2n) is 12.4. The number of aliphatic hydroxyl groups is 1. The van der Waals surface area contributed by atoms with E-state index in [1.165, 1.54) is 5.56 Å². The van der Waals surface area contributed by atoms with Crippen molar-refractivity contribution in [3.05, 3.63) is 68.6 Å². The summed E-state index contributed by atoms with van der Waals surface area (Å²) in [5.41, 5.74) is 1.67. The van der Waals surface area contributed by atoms with Crippen LogP contribution in [-0.4, -0.2) is 77.6 Å². The molecule has 3 N–H and O–H groups in total. The van der Waals surface area contributed by atoms with Gasteiger partial charge in [0, 0.05) is 8.95 Å². The Bertz CT molecular complexity index is 1130. The molecular weight excluding hydrogens is 748 g/mol. The molecule has 1 unspecified atom stereocenters. The molecule has 0 aliphatic carbocycles. The third kappa shape index (κ3) is 16.0. The van der Waals surface area contributed by atoms with Crippen LogP contribution < -0.4 is 10.6 Å². The average molecular weight is 793 g/mol. The number of hydrogen-bond donors (Lipinski definition) is 3. The smallest absolute Gasteiger partial charge is 0.251 e. The zero-order valence-corrected chi connectivity index (χ0v) is 30.6. The highest BCUT2D eigenvalue weighted by molar-refractivity contribution is 9.10. The molecule has 11 heteroatoms. The van der Waals surface area contributed by atoms with Gasteiger partial charge in [-0.25, -0.2) is 0 Å². The van der Waals surface area contributed by atoms with E-state index in [0.717, 1.165) is 20.9 Å². The maximum Gasteiger partial charge on any atom is 0.251 e. The van der Waals surface area contributed by atoms with Crippen molar-refractivity contribution in [2.24, 2.45) is 0 Å². The van der Waals surface area contributed by atoms with Crippen LogP contribution in [0.1, 0.15) is 52.7 Å². The summed E-state index contributed by atoms with van der Waals surface area (Å²) in [5, 5.41) is 15.3. The molecule has 8 nitrogen and oxygen atoms in total. The van der Waals surface area contributed by atoms with Gasteiger partial charge >= 0.3 is 0 Å². The molecule has 3 rings (SSSR count). The molecule has 1 aliphatic heterocycles. The lowest BCUT2D eigenvalue weighted by Crippen LogP contribution is -2.53. The fourth-order valence-corrected chi connectivity index (χ4v) is 4.66. The molecule has 1 saturated heterocycles. The monoisotopic (exact) mass is 790 g/mol. The number of ether oxygens (including phenoxy) is 3. The van der Waals surface area contributed by atoms with Crippen molar-refractivity contribution in [2.45, 2.75) is 88.6 Å². The standard InChI is InChI=1S/C16H23Br2NO3.C16H22BrNO3/c1-16(2,3)22-10-14(18)15(21)19-13(9-20)8-11-4-6-12(17)7-5-11;1-16(2,3)21-10-14-15(19)18-13(9-20-14)8-11-4-6-12(17)7-5-11/h4-7,13-14,20H,8-10H2,1-3H3,(H,19,21);4-7,13-14H,8-10H2,1-3H3,(H,18,19)/t13?,14-;13-,14-/m10/s1. The summed E-state index contributed by atoms with van der Waals surface area (Å²) >= 11 is 10.1. The molecule has 0 spiro atoms. The van der Waals surface area contributed by atoms with Crippen molar-refractivity contribution < 1.29 is 28.9 Å². The Kier molecular flexibility index (Phi) is 15.8. The van der Waals surface area contributed by atoms with Crippen molar-refractivity contribution in [3.8, 4) is 0 Å². The molecule has 4 atom stereocenters. The SMILES string of the molecule is CC(C)(C)OC[C@@H](Br)C(=O)NC(CO)Cc1ccc(Br)cc1.CC(C)(C)OC[C@@H]1OC[C@H](Cc2ccc(Br)cc2)NC1=O. The number of carbonyl (C=O) groups excluding carboxylic acids is 2. The van der Waals surface area contributed by atoms with Crippen LogP contribution in [0.4, 0.5) is 0 Å². The molecule has 43 heavy (non-hydrogen) atoms. The van der Waals surface area contributed by atoms with Crippen LogP contribution in [0, 0.1) is 0 Å². The van der Waals surface area contributed by atoms with Crippen molar-refractivity contribution in [2.75, 3.05) is 26.4 Å². The Morgan fingerprint density at radius 3 is 2.00 bits per heavy atom. The van der Waals surface area contributed by atoms with Gasteiger partial charge in [-0.2, -0.15) is 0 Å². The minimum absolute atomic E-state index is 0.0181. The summed E-state index contributed by atoms with van der Waals surface area (Å²) in [5.74, 6) is -0.270. The minimum atomic E-state index is -0.509. The van der Waals surface area contributed by atoms with Crippen molar-refractivity contribution in [3.63, 3.8) is 0 Å². The summed E-state index contributed by atoms with van der Waals surface area (Å²) in [6, 6.07) is 15.6. The molecule has 0 radical (unpaired) electrons. The Morgan fingerprint density at radius 1 is 0.977 bits per heavy atom. The van der Waals surface area contributed by atoms with Gasteiger partial charge in [-0.05, 0) is 89.8 Å². The second-order valence-corrected chi connectivity index (χ2v) is 15.3. The topological polar surface area (TPSA) is 106 Å². The van der Waals surface area contributed by atoms with Crippen LogP contribution in [0.25, 0.3) is 0 Å². The van der Waals surface area contributed by atoms with E-state index < -0.39 is 10.9 Å². The third-order valence-electron chi connectivity index (χ3n) is 6.11. The predicted molar refractivity (Wildman–Crippen MR) is 181 cm³/mol. The van der Waals surface area contributed by atoms with E-state index in [1.54, 1.807) is 0 Å². The number of alkyl halides is 1. The minimum Gasteiger partial charge on any atom is -0.394 e. The number of aliphatic hydroxyl groups excluding tert-OH is 1. The molecule has 2 aromatic carbocycles. The number of hydrogen-bond acceptors (Lipinski definition) is 6. The summed E-state index contributed by atoms with van der Waals surface area (Å²) in [6.45, 7) is 12.7. The Morgan fingerprint density at radius 2 is 1.51 bits per heavy atom. The number of carbonyl (C=O) groups is 2. The van der Waals surface area contributed by atoms with Gasteiger partial charge in [-0.15, -0.1) is 0 Å². The number of rotatable bonds is 11. The lowest BCUT2D eigenvalue weighted by atomic mass is 10.1. The van der Waals surface area contributed by atoms with E-state index in [-0.39, 0.29) is 48.3 Å². The van der Waals surface area contributed by atoms with Crippen molar-refractivity contribution >= 4 is 59.6 Å². The zero-order valence-electron chi connectivity index (χ0n) is 25.8. The summed E-state index contributed by atoms with van der Waals surface area (Å²) in [6.07, 6.45) is 0.840. The lowest BCUT2D eigenvalue weighted by Gasteiger charge is -2.31. The second kappa shape index (κ2) is 18.0. The Balaban J connectivity index is 0.000000300. The molecule has 0 aromatic heterocycles. The molecular formula is C32H45Br3N2O6. The van der Waals surface area contributed by atoms with Gasteiger partial charge in [0.1, 0.15) is 4.83 Å². The van der Waals surface area contributed by atoms with E-state index in [0.29, 0.717) is 19.6 Å². The van der Waals surface area contributed by atoms with Crippen LogP contribution in [0.15, 0.2) is 57.5 Å². The lowest BCUT2D eigenvalue weighted by molar-refractivity contribution is -0.150.